The summed E-state index contributed by atoms with van der Waals surface area (Å²) in [5.41, 5.74) is -0.436. The maximum Gasteiger partial charge on any atom is 0.170 e. The van der Waals surface area contributed by atoms with Crippen LogP contribution in [0.25, 0.3) is 0 Å². The summed E-state index contributed by atoms with van der Waals surface area (Å²) in [6, 6.07) is 4.75. The second-order valence-electron chi connectivity index (χ2n) is 15.9. The number of phenols is 9. The molecule has 4 aromatic rings. The molecule has 0 aromatic heterocycles. The summed E-state index contributed by atoms with van der Waals surface area (Å²) < 4.78 is 14.7. The summed E-state index contributed by atoms with van der Waals surface area (Å²) in [7, 11) is 4.03. The third kappa shape index (κ3) is 18.5. The van der Waals surface area contributed by atoms with Gasteiger partial charge in [-0.05, 0) is 25.7 Å². The highest BCUT2D eigenvalue weighted by atomic mass is 35.5. The molecule has 9 N–H and O–H groups in total. The zero-order chi connectivity index (χ0) is 54.1. The Morgan fingerprint density at radius 3 is 1.00 bits per heavy atom. The normalized spacial score (nSPS) is 10.4. The lowest BCUT2D eigenvalue weighted by atomic mass is 10.0. The molecule has 0 fully saturated rings. The molecular weight excluding hydrogens is 1010 g/mol. The third-order valence-corrected chi connectivity index (χ3v) is 11.9. The molecule has 0 amide bonds. The van der Waals surface area contributed by atoms with Gasteiger partial charge in [-0.1, -0.05) is 125 Å². The first-order valence-electron chi connectivity index (χ1n) is 23.0. The Balaban J connectivity index is 0.000000474. The van der Waals surface area contributed by atoms with Gasteiger partial charge in [0.1, 0.15) is 76.8 Å². The van der Waals surface area contributed by atoms with Crippen LogP contribution in [-0.4, -0.2) is 90.4 Å². The minimum absolute atomic E-state index is 0.0121. The first kappa shape index (κ1) is 63.3. The topological polar surface area (TPSA) is 278 Å². The smallest absolute Gasteiger partial charge is 0.170 e. The second kappa shape index (κ2) is 32.3. The Labute approximate surface area is 434 Å². The number of aromatic hydroxyl groups is 9. The fraction of sp³-hybridized carbons (Fsp3) is 0.451. The van der Waals surface area contributed by atoms with Crippen LogP contribution in [0.2, 0.25) is 20.1 Å². The molecule has 0 aliphatic heterocycles. The van der Waals surface area contributed by atoms with Gasteiger partial charge in [-0.2, -0.15) is 0 Å². The van der Waals surface area contributed by atoms with E-state index in [0.717, 1.165) is 76.3 Å². The molecule has 0 saturated carbocycles. The van der Waals surface area contributed by atoms with E-state index in [1.165, 1.54) is 33.5 Å². The first-order chi connectivity index (χ1) is 33.6. The number of phenolic OH excluding ortho intramolecular Hbond substituents is 9. The molecule has 0 aliphatic carbocycles. The van der Waals surface area contributed by atoms with Gasteiger partial charge in [0.05, 0.1) is 21.3 Å². The number of hydrogen-bond donors (Lipinski definition) is 9. The van der Waals surface area contributed by atoms with E-state index in [0.29, 0.717) is 31.4 Å². The second-order valence-corrected chi connectivity index (χ2v) is 17.4. The van der Waals surface area contributed by atoms with Crippen LogP contribution < -0.4 is 14.2 Å². The number of rotatable bonds is 23. The van der Waals surface area contributed by atoms with Gasteiger partial charge >= 0.3 is 0 Å². The molecule has 20 heteroatoms. The number of ether oxygens (including phenoxy) is 3. The Hall–Kier alpha value is -5.68. The quantitative estimate of drug-likeness (QED) is 0.0247. The van der Waals surface area contributed by atoms with Crippen LogP contribution in [-0.2, 0) is 0 Å². The van der Waals surface area contributed by atoms with Gasteiger partial charge in [0, 0.05) is 49.9 Å². The van der Waals surface area contributed by atoms with E-state index < -0.39 is 28.8 Å². The van der Waals surface area contributed by atoms with Gasteiger partial charge in [0.2, 0.25) is 0 Å². The van der Waals surface area contributed by atoms with Crippen molar-refractivity contribution in [2.75, 3.05) is 21.3 Å². The number of carbonyl (C=O) groups excluding carboxylic acids is 4. The molecule has 394 valence electrons. The van der Waals surface area contributed by atoms with Gasteiger partial charge in [-0.15, -0.1) is 0 Å². The fourth-order valence-electron chi connectivity index (χ4n) is 6.70. The summed E-state index contributed by atoms with van der Waals surface area (Å²) in [6.07, 6.45) is 11.6. The minimum atomic E-state index is -0.498. The molecule has 4 aromatic carbocycles. The first-order valence-corrected chi connectivity index (χ1v) is 24.5. The third-order valence-electron chi connectivity index (χ3n) is 10.5. The van der Waals surface area contributed by atoms with E-state index in [2.05, 4.69) is 0 Å². The van der Waals surface area contributed by atoms with Crippen molar-refractivity contribution in [3.63, 3.8) is 0 Å². The number of unbranched alkanes of at least 4 members (excludes halogenated alkanes) is 8. The fourth-order valence-corrected chi connectivity index (χ4v) is 7.78. The SMILES string of the molecule is CCCCCC(=O)c1c(O)c(Cl)c(O)c(Cl)c1OC.CCCCCC(=O)c1c(O)c(Cl)c(OC)c(Cl)c1O.CCCCCC(=O)c1c(O)cc(O)cc1O.CCCCCC(=O)c1c(O)cc(OC)cc1O. The van der Waals surface area contributed by atoms with Gasteiger partial charge < -0.3 is 60.2 Å². The van der Waals surface area contributed by atoms with Crippen LogP contribution in [0, 0.1) is 0 Å². The zero-order valence-corrected chi connectivity index (χ0v) is 44.0. The van der Waals surface area contributed by atoms with Crippen molar-refractivity contribution in [2.24, 2.45) is 0 Å². The van der Waals surface area contributed by atoms with Crippen LogP contribution in [0.3, 0.4) is 0 Å². The Bertz CT molecular complexity index is 2350. The van der Waals surface area contributed by atoms with Gasteiger partial charge in [0.15, 0.2) is 57.6 Å². The largest absolute Gasteiger partial charge is 0.508 e. The lowest BCUT2D eigenvalue weighted by molar-refractivity contribution is 0.0964. The average Bonchev–Trinajstić information content (AvgIpc) is 3.32. The molecular formula is C51H66Cl4O16. The summed E-state index contributed by atoms with van der Waals surface area (Å²) in [5, 5.41) is 85.7. The number of ketones is 4. The van der Waals surface area contributed by atoms with Gasteiger partial charge in [-0.3, -0.25) is 19.2 Å². The Morgan fingerprint density at radius 1 is 0.380 bits per heavy atom. The van der Waals surface area contributed by atoms with Crippen molar-refractivity contribution >= 4 is 69.5 Å². The lowest BCUT2D eigenvalue weighted by Gasteiger charge is -2.14. The number of halogens is 4. The molecule has 0 saturated heterocycles. The van der Waals surface area contributed by atoms with Crippen molar-refractivity contribution in [3.05, 3.63) is 66.6 Å². The Morgan fingerprint density at radius 2 is 0.676 bits per heavy atom. The van der Waals surface area contributed by atoms with Crippen molar-refractivity contribution in [1.82, 2.24) is 0 Å². The van der Waals surface area contributed by atoms with Gasteiger partial charge in [-0.25, -0.2) is 0 Å². The predicted octanol–water partition coefficient (Wildman–Crippen LogP) is 13.8. The van der Waals surface area contributed by atoms with Crippen LogP contribution in [0.1, 0.15) is 172 Å². The number of methoxy groups -OCH3 is 3. The molecule has 0 radical (unpaired) electrons. The molecule has 0 bridgehead atoms. The van der Waals surface area contributed by atoms with E-state index in [9.17, 15) is 60.0 Å². The monoisotopic (exact) mass is 1070 g/mol. The van der Waals surface area contributed by atoms with Crippen LogP contribution in [0.5, 0.6) is 69.0 Å². The number of Topliss-reactive ketones (excluding diaryl/α,β-unsaturated/α-hetero) is 4. The molecule has 4 rings (SSSR count). The Kier molecular flexibility index (Phi) is 28.8. The van der Waals surface area contributed by atoms with E-state index in [-0.39, 0.29) is 113 Å². The standard InChI is InChI=1S/2C13H16Cl2O4.C13H18O4.C12H16O4/c1-3-4-5-6-7(16)8-11(17)9(14)12(18)10(15)13(8)19-2;1-3-4-5-6-7(16)8-11(17)9(14)13(19-2)10(15)12(8)18;1-3-4-5-6-10(14)13-11(15)7-9(17-2)8-12(13)16;1-2-3-4-5-9(14)12-10(15)6-8(13)7-11(12)16/h2*17-18H,3-6H2,1-2H3;7-8,15-16H,3-6H2,1-2H3;6-7,13,15-16H,2-5H2,1H3. The van der Waals surface area contributed by atoms with Crippen molar-refractivity contribution < 1.29 is 79.3 Å². The maximum absolute atomic E-state index is 12.1. The highest BCUT2D eigenvalue weighted by molar-refractivity contribution is 6.41. The molecule has 0 aliphatic rings. The van der Waals surface area contributed by atoms with Gasteiger partial charge in [0.25, 0.3) is 0 Å². The molecule has 0 spiro atoms. The van der Waals surface area contributed by atoms with Crippen molar-refractivity contribution in [3.8, 4) is 69.0 Å². The van der Waals surface area contributed by atoms with E-state index in [4.69, 9.17) is 65.7 Å². The number of benzene rings is 4. The zero-order valence-electron chi connectivity index (χ0n) is 41.0. The van der Waals surface area contributed by atoms with Crippen molar-refractivity contribution in [2.45, 2.75) is 130 Å². The van der Waals surface area contributed by atoms with E-state index in [1.54, 1.807) is 0 Å². The minimum Gasteiger partial charge on any atom is -0.508 e. The summed E-state index contributed by atoms with van der Waals surface area (Å²) in [4.78, 5) is 47.6. The summed E-state index contributed by atoms with van der Waals surface area (Å²) in [6.45, 7) is 8.12. The molecule has 0 unspecified atom stereocenters. The maximum atomic E-state index is 12.1. The van der Waals surface area contributed by atoms with E-state index >= 15 is 0 Å². The summed E-state index contributed by atoms with van der Waals surface area (Å²) >= 11 is 23.3. The van der Waals surface area contributed by atoms with Crippen LogP contribution in [0.4, 0.5) is 0 Å². The molecule has 0 atom stereocenters. The lowest BCUT2D eigenvalue weighted by Crippen LogP contribution is -2.04. The van der Waals surface area contributed by atoms with Crippen LogP contribution >= 0.6 is 46.4 Å². The number of carbonyl (C=O) groups is 4. The number of hydrogen-bond acceptors (Lipinski definition) is 16. The molecule has 0 heterocycles. The molecule has 71 heavy (non-hydrogen) atoms. The molecule has 16 nitrogen and oxygen atoms in total. The average molecular weight is 1080 g/mol. The van der Waals surface area contributed by atoms with Crippen LogP contribution in [0.15, 0.2) is 24.3 Å². The highest BCUT2D eigenvalue weighted by Gasteiger charge is 2.28. The highest BCUT2D eigenvalue weighted by Crippen LogP contribution is 2.50. The summed E-state index contributed by atoms with van der Waals surface area (Å²) in [5.74, 6) is -4.50. The predicted molar refractivity (Wildman–Crippen MR) is 274 cm³/mol. The van der Waals surface area contributed by atoms with E-state index in [1.807, 2.05) is 27.7 Å². The van der Waals surface area contributed by atoms with Crippen molar-refractivity contribution in [1.29, 1.82) is 0 Å².